The van der Waals surface area contributed by atoms with E-state index in [9.17, 15) is 18.5 Å². The third kappa shape index (κ3) is 3.49. The summed E-state index contributed by atoms with van der Waals surface area (Å²) in [5, 5.41) is 11.2. The van der Waals surface area contributed by atoms with Crippen LogP contribution in [0.1, 0.15) is 32.1 Å². The fraction of sp³-hybridized carbons (Fsp3) is 0.500. The lowest BCUT2D eigenvalue weighted by atomic mass is 9.96. The molecule has 0 bridgehead atoms. The van der Waals surface area contributed by atoms with E-state index in [1.165, 1.54) is 18.2 Å². The molecule has 0 aromatic heterocycles. The molecule has 1 aromatic rings. The topological polar surface area (TPSA) is 127 Å². The number of nitro groups is 1. The fourth-order valence-corrected chi connectivity index (χ4v) is 4.05. The van der Waals surface area contributed by atoms with Crippen molar-refractivity contribution in [3.63, 3.8) is 0 Å². The van der Waals surface area contributed by atoms with Crippen molar-refractivity contribution in [3.05, 3.63) is 28.3 Å². The molecule has 21 heavy (non-hydrogen) atoms. The predicted octanol–water partition coefficient (Wildman–Crippen LogP) is 1.49. The summed E-state index contributed by atoms with van der Waals surface area (Å²) < 4.78 is 27.4. The number of nitrogens with two attached hydrogens (primary N) is 1. The number of hydrogen-bond donors (Lipinski definition) is 3. The Morgan fingerprint density at radius 2 is 1.90 bits per heavy atom. The molecule has 0 spiro atoms. The Balaban J connectivity index is 2.37. The van der Waals surface area contributed by atoms with Gasteiger partial charge in [-0.3, -0.25) is 16.0 Å². The number of hydrazine groups is 1. The maximum absolute atomic E-state index is 12.4. The molecule has 1 aliphatic rings. The van der Waals surface area contributed by atoms with Gasteiger partial charge in [-0.25, -0.2) is 13.1 Å². The Labute approximate surface area is 122 Å². The third-order valence-electron chi connectivity index (χ3n) is 3.55. The summed E-state index contributed by atoms with van der Waals surface area (Å²) in [6, 6.07) is 3.82. The predicted molar refractivity (Wildman–Crippen MR) is 78.1 cm³/mol. The molecule has 8 nitrogen and oxygen atoms in total. The van der Waals surface area contributed by atoms with Gasteiger partial charge in [0.2, 0.25) is 10.0 Å². The van der Waals surface area contributed by atoms with Gasteiger partial charge in [0.05, 0.1) is 4.92 Å². The standard InChI is InChI=1S/C12H18N4O4S/c13-14-10-7-4-8-11(12(10)16(17)18)21(19,20)15-9-5-2-1-3-6-9/h4,7-9,14-15H,1-3,5-6,13H2. The summed E-state index contributed by atoms with van der Waals surface area (Å²) in [4.78, 5) is 10.0. The van der Waals surface area contributed by atoms with Crippen molar-refractivity contribution < 1.29 is 13.3 Å². The Morgan fingerprint density at radius 1 is 1.24 bits per heavy atom. The van der Waals surface area contributed by atoms with E-state index in [1.54, 1.807) is 0 Å². The van der Waals surface area contributed by atoms with Crippen molar-refractivity contribution in [2.45, 2.75) is 43.0 Å². The van der Waals surface area contributed by atoms with Gasteiger partial charge < -0.3 is 5.43 Å². The molecular weight excluding hydrogens is 296 g/mol. The summed E-state index contributed by atoms with van der Waals surface area (Å²) in [6.07, 6.45) is 4.51. The lowest BCUT2D eigenvalue weighted by Crippen LogP contribution is -2.36. The van der Waals surface area contributed by atoms with E-state index in [1.807, 2.05) is 0 Å². The highest BCUT2D eigenvalue weighted by Gasteiger charge is 2.30. The second-order valence-electron chi connectivity index (χ2n) is 5.01. The molecule has 1 fully saturated rings. The van der Waals surface area contributed by atoms with Crippen LogP contribution in [0.4, 0.5) is 11.4 Å². The average molecular weight is 314 g/mol. The van der Waals surface area contributed by atoms with Crippen LogP contribution in [0.3, 0.4) is 0 Å². The van der Waals surface area contributed by atoms with E-state index in [0.29, 0.717) is 0 Å². The molecule has 1 aromatic carbocycles. The van der Waals surface area contributed by atoms with Crippen molar-refractivity contribution in [3.8, 4) is 0 Å². The SMILES string of the molecule is NNc1cccc(S(=O)(=O)NC2CCCCC2)c1[N+](=O)[O-]. The number of para-hydroxylation sites is 1. The number of nitrogens with one attached hydrogen (secondary N) is 2. The highest BCUT2D eigenvalue weighted by molar-refractivity contribution is 7.89. The number of nitrogen functional groups attached to an aromatic ring is 1. The lowest BCUT2D eigenvalue weighted by Gasteiger charge is -2.22. The lowest BCUT2D eigenvalue weighted by molar-refractivity contribution is -0.386. The first kappa shape index (κ1) is 15.7. The van der Waals surface area contributed by atoms with Crippen molar-refractivity contribution >= 4 is 21.4 Å². The quantitative estimate of drug-likeness (QED) is 0.429. The van der Waals surface area contributed by atoms with Gasteiger partial charge in [0.15, 0.2) is 4.90 Å². The van der Waals surface area contributed by atoms with Gasteiger partial charge in [0.1, 0.15) is 5.69 Å². The minimum Gasteiger partial charge on any atom is -0.318 e. The van der Waals surface area contributed by atoms with E-state index < -0.39 is 20.6 Å². The van der Waals surface area contributed by atoms with Crippen LogP contribution in [-0.4, -0.2) is 19.4 Å². The van der Waals surface area contributed by atoms with Gasteiger partial charge in [0, 0.05) is 6.04 Å². The van der Waals surface area contributed by atoms with Crippen molar-refractivity contribution in [2.24, 2.45) is 5.84 Å². The first-order chi connectivity index (χ1) is 9.95. The summed E-state index contributed by atoms with van der Waals surface area (Å²) in [5.74, 6) is 5.22. The van der Waals surface area contributed by atoms with Crippen LogP contribution in [0.5, 0.6) is 0 Å². The second kappa shape index (κ2) is 6.37. The van der Waals surface area contributed by atoms with Crippen molar-refractivity contribution in [1.29, 1.82) is 0 Å². The molecule has 1 saturated carbocycles. The van der Waals surface area contributed by atoms with Gasteiger partial charge >= 0.3 is 5.69 Å². The van der Waals surface area contributed by atoms with Gasteiger partial charge in [-0.2, -0.15) is 0 Å². The van der Waals surface area contributed by atoms with E-state index in [0.717, 1.165) is 32.1 Å². The molecule has 2 rings (SSSR count). The Hall–Kier alpha value is -1.71. The number of sulfonamides is 1. The van der Waals surface area contributed by atoms with Gasteiger partial charge in [-0.05, 0) is 25.0 Å². The number of anilines is 1. The maximum atomic E-state index is 12.4. The molecule has 0 aliphatic heterocycles. The number of nitro benzene ring substituents is 1. The average Bonchev–Trinajstić information content (AvgIpc) is 2.46. The molecule has 0 saturated heterocycles. The van der Waals surface area contributed by atoms with E-state index >= 15 is 0 Å². The van der Waals surface area contributed by atoms with Crippen LogP contribution >= 0.6 is 0 Å². The molecule has 0 heterocycles. The maximum Gasteiger partial charge on any atom is 0.313 e. The molecule has 0 radical (unpaired) electrons. The van der Waals surface area contributed by atoms with Crippen LogP contribution in [0.15, 0.2) is 23.1 Å². The van der Waals surface area contributed by atoms with Gasteiger partial charge in [-0.15, -0.1) is 0 Å². The normalized spacial score (nSPS) is 16.6. The highest BCUT2D eigenvalue weighted by atomic mass is 32.2. The molecular formula is C12H18N4O4S. The number of rotatable bonds is 5. The Bertz CT molecular complexity index is 626. The largest absolute Gasteiger partial charge is 0.318 e. The molecule has 0 amide bonds. The zero-order valence-electron chi connectivity index (χ0n) is 11.4. The van der Waals surface area contributed by atoms with Crippen molar-refractivity contribution in [2.75, 3.05) is 5.43 Å². The number of hydrogen-bond acceptors (Lipinski definition) is 6. The number of nitrogens with zero attached hydrogens (tertiary/aromatic N) is 1. The summed E-state index contributed by atoms with van der Waals surface area (Å²) in [5.41, 5.74) is 1.58. The van der Waals surface area contributed by atoms with Crippen LogP contribution in [0.25, 0.3) is 0 Å². The fourth-order valence-electron chi connectivity index (χ4n) is 2.55. The highest BCUT2D eigenvalue weighted by Crippen LogP contribution is 2.32. The summed E-state index contributed by atoms with van der Waals surface area (Å²) >= 11 is 0. The summed E-state index contributed by atoms with van der Waals surface area (Å²) in [7, 11) is -3.96. The smallest absolute Gasteiger partial charge is 0.313 e. The molecule has 4 N–H and O–H groups in total. The first-order valence-corrected chi connectivity index (χ1v) is 8.20. The minimum absolute atomic E-state index is 0.0356. The monoisotopic (exact) mass is 314 g/mol. The van der Waals surface area contributed by atoms with Crippen LogP contribution < -0.4 is 16.0 Å². The van der Waals surface area contributed by atoms with E-state index in [2.05, 4.69) is 10.1 Å². The summed E-state index contributed by atoms with van der Waals surface area (Å²) in [6.45, 7) is 0. The Morgan fingerprint density at radius 3 is 2.48 bits per heavy atom. The zero-order chi connectivity index (χ0) is 15.5. The van der Waals surface area contributed by atoms with Crippen molar-refractivity contribution in [1.82, 2.24) is 4.72 Å². The van der Waals surface area contributed by atoms with Gasteiger partial charge in [-0.1, -0.05) is 25.3 Å². The van der Waals surface area contributed by atoms with E-state index in [4.69, 9.17) is 5.84 Å². The Kier molecular flexibility index (Phi) is 4.76. The molecule has 1 aliphatic carbocycles. The van der Waals surface area contributed by atoms with E-state index in [-0.39, 0.29) is 16.6 Å². The van der Waals surface area contributed by atoms with Crippen LogP contribution in [0.2, 0.25) is 0 Å². The zero-order valence-corrected chi connectivity index (χ0v) is 12.2. The molecule has 0 unspecified atom stereocenters. The number of benzene rings is 1. The first-order valence-electron chi connectivity index (χ1n) is 6.72. The molecule has 0 atom stereocenters. The third-order valence-corrected chi connectivity index (χ3v) is 5.11. The second-order valence-corrected chi connectivity index (χ2v) is 6.69. The van der Waals surface area contributed by atoms with Gasteiger partial charge in [0.25, 0.3) is 0 Å². The van der Waals surface area contributed by atoms with Crippen LogP contribution in [0, 0.1) is 10.1 Å². The molecule has 9 heteroatoms. The molecule has 116 valence electrons. The minimum atomic E-state index is -3.96. The van der Waals surface area contributed by atoms with Crippen LogP contribution in [-0.2, 0) is 10.0 Å².